The summed E-state index contributed by atoms with van der Waals surface area (Å²) in [6.45, 7) is 10.1. The van der Waals surface area contributed by atoms with Crippen molar-refractivity contribution < 1.29 is 37.0 Å². The van der Waals surface area contributed by atoms with E-state index >= 15 is 0 Å². The highest BCUT2D eigenvalue weighted by Gasteiger charge is 2.38. The van der Waals surface area contributed by atoms with Gasteiger partial charge in [0.15, 0.2) is 5.82 Å². The highest BCUT2D eigenvalue weighted by Crippen LogP contribution is 2.24. The van der Waals surface area contributed by atoms with E-state index in [1.54, 1.807) is 6.07 Å². The van der Waals surface area contributed by atoms with Gasteiger partial charge in [-0.15, -0.1) is 0 Å². The molecule has 11 nitrogen and oxygen atoms in total. The molecule has 1 amide bonds. The fourth-order valence-electron chi connectivity index (χ4n) is 4.80. The number of nitrogens with one attached hydrogen (secondary N) is 1. The van der Waals surface area contributed by atoms with Gasteiger partial charge in [0.05, 0.1) is 19.4 Å². The fraction of sp³-hybridized carbons (Fsp3) is 0.536. The molecule has 2 aliphatic heterocycles. The van der Waals surface area contributed by atoms with Crippen molar-refractivity contribution in [3.8, 4) is 6.07 Å². The second-order valence-corrected chi connectivity index (χ2v) is 11.1. The van der Waals surface area contributed by atoms with Crippen LogP contribution in [0.2, 0.25) is 5.02 Å². The summed E-state index contributed by atoms with van der Waals surface area (Å²) < 4.78 is 51.9. The van der Waals surface area contributed by atoms with Crippen LogP contribution in [0.1, 0.15) is 48.4 Å². The van der Waals surface area contributed by atoms with E-state index in [9.17, 15) is 27.6 Å². The number of carbonyl (C=O) groups is 2. The summed E-state index contributed by atoms with van der Waals surface area (Å²) in [6.07, 6.45) is -1.67. The SMILES string of the molecule is CC(C)CN(NC(=O)c1ccc(F)c(CN2CCC(N3CCOCC3)CC2)c1)c1nc(C#N)ncc1Cl.O=C(O)C(F)(F)F. The van der Waals surface area contributed by atoms with E-state index in [-0.39, 0.29) is 28.4 Å². The molecule has 0 atom stereocenters. The second kappa shape index (κ2) is 15.9. The van der Waals surface area contributed by atoms with Crippen molar-refractivity contribution in [2.24, 2.45) is 5.92 Å². The van der Waals surface area contributed by atoms with Crippen LogP contribution in [-0.4, -0.2) is 94.9 Å². The van der Waals surface area contributed by atoms with Gasteiger partial charge in [0.2, 0.25) is 5.82 Å². The van der Waals surface area contributed by atoms with Gasteiger partial charge in [0.1, 0.15) is 16.9 Å². The first kappa shape index (κ1) is 34.9. The number of halogens is 5. The van der Waals surface area contributed by atoms with Crippen LogP contribution in [0.4, 0.5) is 23.4 Å². The van der Waals surface area contributed by atoms with E-state index in [0.717, 1.165) is 52.2 Å². The molecule has 2 saturated heterocycles. The third-order valence-electron chi connectivity index (χ3n) is 6.93. The fourth-order valence-corrected chi connectivity index (χ4v) is 4.99. The Hall–Kier alpha value is -3.58. The van der Waals surface area contributed by atoms with Crippen molar-refractivity contribution in [1.82, 2.24) is 25.2 Å². The molecule has 0 bridgehead atoms. The number of ether oxygens (including phenoxy) is 1. The number of nitrogens with zero attached hydrogens (tertiary/aromatic N) is 6. The minimum Gasteiger partial charge on any atom is -0.475 e. The lowest BCUT2D eigenvalue weighted by atomic mass is 10.0. The Morgan fingerprint density at radius 3 is 2.43 bits per heavy atom. The first-order valence-corrected chi connectivity index (χ1v) is 14.3. The molecule has 0 saturated carbocycles. The topological polar surface area (TPSA) is 135 Å². The van der Waals surface area contributed by atoms with Crippen molar-refractivity contribution in [2.45, 2.75) is 45.5 Å². The van der Waals surface area contributed by atoms with Gasteiger partial charge in [-0.3, -0.25) is 25.0 Å². The highest BCUT2D eigenvalue weighted by molar-refractivity contribution is 6.32. The van der Waals surface area contributed by atoms with Crippen LogP contribution in [0, 0.1) is 23.1 Å². The molecular weight excluding hydrogens is 610 g/mol. The molecule has 240 valence electrons. The van der Waals surface area contributed by atoms with Gasteiger partial charge in [-0.05, 0) is 50.0 Å². The number of amides is 1. The first-order chi connectivity index (χ1) is 20.8. The molecule has 2 aromatic rings. The average molecular weight is 644 g/mol. The second-order valence-electron chi connectivity index (χ2n) is 10.7. The Kier molecular flexibility index (Phi) is 12.6. The number of carboxylic acids is 1. The van der Waals surface area contributed by atoms with Gasteiger partial charge in [0, 0.05) is 43.3 Å². The smallest absolute Gasteiger partial charge is 0.475 e. The van der Waals surface area contributed by atoms with Crippen molar-refractivity contribution in [3.05, 3.63) is 52.2 Å². The van der Waals surface area contributed by atoms with E-state index in [0.29, 0.717) is 30.3 Å². The van der Waals surface area contributed by atoms with Gasteiger partial charge in [-0.1, -0.05) is 25.4 Å². The third-order valence-corrected chi connectivity index (χ3v) is 7.20. The summed E-state index contributed by atoms with van der Waals surface area (Å²) in [7, 11) is 0. The van der Waals surface area contributed by atoms with E-state index in [1.165, 1.54) is 23.3 Å². The van der Waals surface area contributed by atoms with Crippen molar-refractivity contribution in [1.29, 1.82) is 5.26 Å². The summed E-state index contributed by atoms with van der Waals surface area (Å²) in [6, 6.07) is 6.84. The van der Waals surface area contributed by atoms with Crippen LogP contribution in [0.5, 0.6) is 0 Å². The maximum atomic E-state index is 14.7. The predicted octanol–water partition coefficient (Wildman–Crippen LogP) is 3.88. The van der Waals surface area contributed by atoms with Crippen LogP contribution in [0.25, 0.3) is 0 Å². The van der Waals surface area contributed by atoms with Crippen LogP contribution < -0.4 is 10.4 Å². The number of aliphatic carboxylic acids is 1. The molecule has 16 heteroatoms. The van der Waals surface area contributed by atoms with Crippen LogP contribution in [-0.2, 0) is 16.1 Å². The average Bonchev–Trinajstić information content (AvgIpc) is 2.98. The van der Waals surface area contributed by atoms with Gasteiger partial charge in [-0.2, -0.15) is 23.4 Å². The van der Waals surface area contributed by atoms with Crippen molar-refractivity contribution in [2.75, 3.05) is 50.9 Å². The maximum Gasteiger partial charge on any atom is 0.490 e. The molecule has 0 aliphatic carbocycles. The van der Waals surface area contributed by atoms with Crippen LogP contribution >= 0.6 is 11.6 Å². The number of hydrogen-bond acceptors (Lipinski definition) is 9. The number of anilines is 1. The lowest BCUT2D eigenvalue weighted by molar-refractivity contribution is -0.192. The normalized spacial score (nSPS) is 16.5. The lowest BCUT2D eigenvalue weighted by Gasteiger charge is -2.40. The van der Waals surface area contributed by atoms with Gasteiger partial charge in [0.25, 0.3) is 5.91 Å². The van der Waals surface area contributed by atoms with Crippen molar-refractivity contribution in [3.63, 3.8) is 0 Å². The summed E-state index contributed by atoms with van der Waals surface area (Å²) in [5.41, 5.74) is 3.64. The Morgan fingerprint density at radius 2 is 1.86 bits per heavy atom. The molecule has 2 N–H and O–H groups in total. The number of nitriles is 1. The summed E-state index contributed by atoms with van der Waals surface area (Å²) in [5, 5.41) is 18.0. The first-order valence-electron chi connectivity index (χ1n) is 13.9. The largest absolute Gasteiger partial charge is 0.490 e. The predicted molar refractivity (Wildman–Crippen MR) is 152 cm³/mol. The van der Waals surface area contributed by atoms with Gasteiger partial charge < -0.3 is 9.84 Å². The molecule has 1 aromatic carbocycles. The zero-order valence-corrected chi connectivity index (χ0v) is 25.0. The molecule has 1 aromatic heterocycles. The molecule has 2 aliphatic rings. The number of carboxylic acid groups (broad SMARTS) is 1. The van der Waals surface area contributed by atoms with E-state index in [4.69, 9.17) is 26.2 Å². The maximum absolute atomic E-state index is 14.7. The Balaban J connectivity index is 0.000000676. The highest BCUT2D eigenvalue weighted by atomic mass is 35.5. The third kappa shape index (κ3) is 10.3. The molecule has 0 radical (unpaired) electrons. The van der Waals surface area contributed by atoms with E-state index in [1.807, 2.05) is 19.9 Å². The number of morpholine rings is 1. The number of piperidine rings is 1. The Bertz CT molecular complexity index is 1330. The standard InChI is InChI=1S/C26H33ClFN7O2.C2HF3O2/c1-18(2)16-35(25-22(27)15-30-24(14-29)31-25)32-26(36)19-3-4-23(28)20(13-19)17-33-7-5-21(6-8-33)34-9-11-37-12-10-34;3-2(4,5)1(6)7/h3-4,13,15,18,21H,5-12,16-17H2,1-2H3,(H,32,36);(H,6,7). The van der Waals surface area contributed by atoms with Crippen LogP contribution in [0.15, 0.2) is 24.4 Å². The van der Waals surface area contributed by atoms with E-state index in [2.05, 4.69) is 25.2 Å². The molecule has 2 fully saturated rings. The summed E-state index contributed by atoms with van der Waals surface area (Å²) in [5.74, 6) is -3.16. The minimum absolute atomic E-state index is 0.0520. The molecule has 3 heterocycles. The summed E-state index contributed by atoms with van der Waals surface area (Å²) in [4.78, 5) is 34.9. The Labute approximate surface area is 257 Å². The Morgan fingerprint density at radius 1 is 1.23 bits per heavy atom. The number of aromatic nitrogens is 2. The number of carbonyl (C=O) groups excluding carboxylic acids is 1. The zero-order chi connectivity index (χ0) is 32.4. The quantitative estimate of drug-likeness (QED) is 0.322. The number of benzene rings is 1. The number of alkyl halides is 3. The molecule has 44 heavy (non-hydrogen) atoms. The molecule has 0 spiro atoms. The van der Waals surface area contributed by atoms with Crippen molar-refractivity contribution >= 4 is 29.3 Å². The minimum atomic E-state index is -5.08. The number of hydrazine groups is 1. The molecule has 4 rings (SSSR count). The number of likely N-dealkylation sites (tertiary alicyclic amines) is 1. The number of rotatable bonds is 8. The van der Waals surface area contributed by atoms with Gasteiger partial charge >= 0.3 is 12.1 Å². The number of hydrogen-bond donors (Lipinski definition) is 2. The molecular formula is C28H34ClF4N7O4. The zero-order valence-electron chi connectivity index (χ0n) is 24.3. The van der Waals surface area contributed by atoms with Crippen LogP contribution in [0.3, 0.4) is 0 Å². The monoisotopic (exact) mass is 643 g/mol. The lowest BCUT2D eigenvalue weighted by Crippen LogP contribution is -2.48. The summed E-state index contributed by atoms with van der Waals surface area (Å²) >= 11 is 6.28. The molecule has 0 unspecified atom stereocenters. The van der Waals surface area contributed by atoms with E-state index < -0.39 is 18.1 Å². The van der Waals surface area contributed by atoms with Gasteiger partial charge in [-0.25, -0.2) is 14.2 Å².